The van der Waals surface area contributed by atoms with Gasteiger partial charge in [0.25, 0.3) is 0 Å². The fourth-order valence-electron chi connectivity index (χ4n) is 2.49. The molecule has 1 heterocycles. The molecule has 0 atom stereocenters. The highest BCUT2D eigenvalue weighted by atomic mass is 31.2. The van der Waals surface area contributed by atoms with Gasteiger partial charge in [0.1, 0.15) is 0 Å². The van der Waals surface area contributed by atoms with Crippen LogP contribution < -0.4 is 0 Å². The molecule has 0 aromatic rings. The Kier molecular flexibility index (Phi) is 6.64. The van der Waals surface area contributed by atoms with Crippen LogP contribution in [0.25, 0.3) is 0 Å². The molecule has 0 spiro atoms. The minimum atomic E-state index is -1.71. The van der Waals surface area contributed by atoms with Gasteiger partial charge in [0, 0.05) is 18.5 Å². The molecule has 0 amide bonds. The zero-order chi connectivity index (χ0) is 11.0. The fourth-order valence-corrected chi connectivity index (χ4v) is 5.56. The summed E-state index contributed by atoms with van der Waals surface area (Å²) >= 11 is 0. The van der Waals surface area contributed by atoms with Gasteiger partial charge >= 0.3 is 0 Å². The summed E-state index contributed by atoms with van der Waals surface area (Å²) in [5.74, 6) is 0. The summed E-state index contributed by atoms with van der Waals surface area (Å²) in [6.45, 7) is 2.24. The number of rotatable bonds is 6. The van der Waals surface area contributed by atoms with Crippen LogP contribution in [0.2, 0.25) is 0 Å². The zero-order valence-electron chi connectivity index (χ0n) is 10.3. The first kappa shape index (κ1) is 13.3. The summed E-state index contributed by atoms with van der Waals surface area (Å²) in [4.78, 5) is 0. The van der Waals surface area contributed by atoms with Crippen LogP contribution in [0.5, 0.6) is 0 Å². The third-order valence-electron chi connectivity index (χ3n) is 3.55. The first-order chi connectivity index (χ1) is 7.27. The van der Waals surface area contributed by atoms with Crippen molar-refractivity contribution in [3.8, 4) is 0 Å². The topological polar surface area (TPSA) is 17.1 Å². The first-order valence-corrected chi connectivity index (χ1v) is 9.10. The van der Waals surface area contributed by atoms with E-state index >= 15 is 0 Å². The van der Waals surface area contributed by atoms with Crippen LogP contribution in [-0.4, -0.2) is 18.5 Å². The normalized spacial score (nSPS) is 21.1. The molecule has 0 unspecified atom stereocenters. The predicted molar refractivity (Wildman–Crippen MR) is 69.4 cm³/mol. The standard InChI is InChI=1S/C13H27OP/c1-2-3-4-5-8-11-15(14)12-9-6-7-10-13-15/h2-13H2,1H3. The molecule has 0 N–H and O–H groups in total. The monoisotopic (exact) mass is 230 g/mol. The molecule has 1 nitrogen and oxygen atoms in total. The molecule has 0 bridgehead atoms. The largest absolute Gasteiger partial charge is 0.324 e. The maximum absolute atomic E-state index is 12.5. The molecular formula is C13H27OP. The lowest BCUT2D eigenvalue weighted by atomic mass is 10.2. The number of unbranched alkanes of at least 4 members (excludes halogenated alkanes) is 4. The second kappa shape index (κ2) is 7.49. The summed E-state index contributed by atoms with van der Waals surface area (Å²) in [7, 11) is -1.71. The summed E-state index contributed by atoms with van der Waals surface area (Å²) in [6.07, 6.45) is 14.8. The van der Waals surface area contributed by atoms with Crippen LogP contribution in [0, 0.1) is 0 Å². The van der Waals surface area contributed by atoms with Gasteiger partial charge in [-0.2, -0.15) is 0 Å². The third-order valence-corrected chi connectivity index (χ3v) is 6.94. The van der Waals surface area contributed by atoms with E-state index in [1.54, 1.807) is 0 Å². The quantitative estimate of drug-likeness (QED) is 0.469. The molecule has 0 aromatic heterocycles. The second-order valence-electron chi connectivity index (χ2n) is 5.06. The molecule has 1 rings (SSSR count). The lowest BCUT2D eigenvalue weighted by Gasteiger charge is -2.15. The van der Waals surface area contributed by atoms with E-state index in [0.29, 0.717) is 0 Å². The molecule has 0 saturated carbocycles. The van der Waals surface area contributed by atoms with Crippen LogP contribution in [0.1, 0.15) is 64.7 Å². The van der Waals surface area contributed by atoms with Crippen LogP contribution in [-0.2, 0) is 4.57 Å². The van der Waals surface area contributed by atoms with Crippen molar-refractivity contribution in [1.29, 1.82) is 0 Å². The molecular weight excluding hydrogens is 203 g/mol. The van der Waals surface area contributed by atoms with E-state index in [0.717, 1.165) is 18.5 Å². The smallest absolute Gasteiger partial charge is 0.0877 e. The molecule has 1 fully saturated rings. The Morgan fingerprint density at radius 1 is 0.867 bits per heavy atom. The highest BCUT2D eigenvalue weighted by Gasteiger charge is 2.22. The Morgan fingerprint density at radius 3 is 2.07 bits per heavy atom. The van der Waals surface area contributed by atoms with Gasteiger partial charge in [-0.15, -0.1) is 0 Å². The van der Waals surface area contributed by atoms with E-state index < -0.39 is 7.14 Å². The zero-order valence-corrected chi connectivity index (χ0v) is 11.2. The van der Waals surface area contributed by atoms with Gasteiger partial charge in [-0.05, 0) is 19.3 Å². The number of hydrogen-bond acceptors (Lipinski definition) is 1. The van der Waals surface area contributed by atoms with Crippen molar-refractivity contribution in [2.24, 2.45) is 0 Å². The molecule has 1 saturated heterocycles. The van der Waals surface area contributed by atoms with Gasteiger partial charge in [0.2, 0.25) is 0 Å². The Bertz CT molecular complexity index is 189. The maximum atomic E-state index is 12.5. The van der Waals surface area contributed by atoms with Crippen LogP contribution in [0.3, 0.4) is 0 Å². The van der Waals surface area contributed by atoms with Gasteiger partial charge in [-0.25, -0.2) is 0 Å². The highest BCUT2D eigenvalue weighted by Crippen LogP contribution is 2.49. The van der Waals surface area contributed by atoms with Crippen molar-refractivity contribution >= 4 is 7.14 Å². The highest BCUT2D eigenvalue weighted by molar-refractivity contribution is 7.63. The molecule has 1 aliphatic rings. The van der Waals surface area contributed by atoms with Crippen molar-refractivity contribution in [3.63, 3.8) is 0 Å². The molecule has 0 aliphatic carbocycles. The third kappa shape index (κ3) is 5.76. The van der Waals surface area contributed by atoms with Gasteiger partial charge in [-0.1, -0.05) is 45.4 Å². The van der Waals surface area contributed by atoms with Gasteiger partial charge < -0.3 is 4.57 Å². The minimum Gasteiger partial charge on any atom is -0.324 e. The van der Waals surface area contributed by atoms with E-state index in [1.165, 1.54) is 57.8 Å². The molecule has 0 radical (unpaired) electrons. The fraction of sp³-hybridized carbons (Fsp3) is 1.00. The summed E-state index contributed by atoms with van der Waals surface area (Å²) in [5, 5.41) is 0. The molecule has 0 aromatic carbocycles. The second-order valence-corrected chi connectivity index (χ2v) is 8.52. The van der Waals surface area contributed by atoms with Crippen LogP contribution in [0.4, 0.5) is 0 Å². The van der Waals surface area contributed by atoms with E-state index in [4.69, 9.17) is 0 Å². The maximum Gasteiger partial charge on any atom is 0.0877 e. The lowest BCUT2D eigenvalue weighted by Crippen LogP contribution is -1.98. The van der Waals surface area contributed by atoms with E-state index in [-0.39, 0.29) is 0 Å². The van der Waals surface area contributed by atoms with Crippen molar-refractivity contribution < 1.29 is 4.57 Å². The van der Waals surface area contributed by atoms with Crippen molar-refractivity contribution in [3.05, 3.63) is 0 Å². The predicted octanol–water partition coefficient (Wildman–Crippen LogP) is 4.89. The average molecular weight is 230 g/mol. The van der Waals surface area contributed by atoms with Crippen LogP contribution in [0.15, 0.2) is 0 Å². The van der Waals surface area contributed by atoms with Crippen molar-refractivity contribution in [1.82, 2.24) is 0 Å². The summed E-state index contributed by atoms with van der Waals surface area (Å²) in [5.41, 5.74) is 0. The molecule has 15 heavy (non-hydrogen) atoms. The minimum absolute atomic E-state index is 1.05. The molecule has 90 valence electrons. The summed E-state index contributed by atoms with van der Waals surface area (Å²) in [6, 6.07) is 0. The van der Waals surface area contributed by atoms with Crippen molar-refractivity contribution in [2.75, 3.05) is 18.5 Å². The van der Waals surface area contributed by atoms with Gasteiger partial charge in [-0.3, -0.25) is 0 Å². The van der Waals surface area contributed by atoms with E-state index in [9.17, 15) is 4.57 Å². The number of hydrogen-bond donors (Lipinski definition) is 0. The average Bonchev–Trinajstić information content (AvgIpc) is 2.43. The first-order valence-electron chi connectivity index (χ1n) is 6.84. The van der Waals surface area contributed by atoms with Gasteiger partial charge in [0.15, 0.2) is 0 Å². The van der Waals surface area contributed by atoms with Crippen LogP contribution >= 0.6 is 7.14 Å². The summed E-state index contributed by atoms with van der Waals surface area (Å²) < 4.78 is 12.5. The Hall–Kier alpha value is 0.230. The van der Waals surface area contributed by atoms with Gasteiger partial charge in [0.05, 0.1) is 7.14 Å². The van der Waals surface area contributed by atoms with E-state index in [1.807, 2.05) is 0 Å². The Morgan fingerprint density at radius 2 is 1.47 bits per heavy atom. The molecule has 2 heteroatoms. The lowest BCUT2D eigenvalue weighted by molar-refractivity contribution is 0.568. The Balaban J connectivity index is 2.14. The SMILES string of the molecule is CCCCCCCP1(=O)CCCCCC1. The van der Waals surface area contributed by atoms with Crippen molar-refractivity contribution in [2.45, 2.75) is 64.7 Å². The molecule has 1 aliphatic heterocycles. The van der Waals surface area contributed by atoms with E-state index in [2.05, 4.69) is 6.92 Å². The Labute approximate surface area is 95.4 Å².